The number of piperidine rings is 2. The first-order valence-corrected chi connectivity index (χ1v) is 10.3. The van der Waals surface area contributed by atoms with Crippen molar-refractivity contribution in [3.63, 3.8) is 0 Å². The van der Waals surface area contributed by atoms with E-state index in [1.165, 1.54) is 0 Å². The molecule has 0 spiro atoms. The molecule has 0 aromatic carbocycles. The van der Waals surface area contributed by atoms with Gasteiger partial charge in [0, 0.05) is 51.2 Å². The van der Waals surface area contributed by atoms with Gasteiger partial charge in [-0.1, -0.05) is 0 Å². The number of hydrogen-bond donors (Lipinski definition) is 1. The van der Waals surface area contributed by atoms with Crippen molar-refractivity contribution in [1.29, 1.82) is 0 Å². The zero-order valence-corrected chi connectivity index (χ0v) is 17.0. The smallest absolute Gasteiger partial charge is 0.255 e. The van der Waals surface area contributed by atoms with E-state index in [0.717, 1.165) is 57.6 Å². The zero-order chi connectivity index (χ0) is 19.9. The second kappa shape index (κ2) is 9.98. The van der Waals surface area contributed by atoms with Gasteiger partial charge in [0.25, 0.3) is 5.91 Å². The van der Waals surface area contributed by atoms with Crippen molar-refractivity contribution < 1.29 is 14.3 Å². The molecule has 28 heavy (non-hydrogen) atoms. The van der Waals surface area contributed by atoms with Gasteiger partial charge in [-0.2, -0.15) is 0 Å². The van der Waals surface area contributed by atoms with Gasteiger partial charge in [-0.15, -0.1) is 0 Å². The van der Waals surface area contributed by atoms with Gasteiger partial charge in [-0.3, -0.25) is 19.5 Å². The van der Waals surface area contributed by atoms with Crippen LogP contribution in [0.1, 0.15) is 41.7 Å². The molecule has 1 aromatic heterocycles. The summed E-state index contributed by atoms with van der Waals surface area (Å²) in [6, 6.07) is 4.19. The molecule has 1 N–H and O–H groups in total. The summed E-state index contributed by atoms with van der Waals surface area (Å²) in [5, 5.41) is 2.97. The van der Waals surface area contributed by atoms with Crippen molar-refractivity contribution in [3.8, 4) is 0 Å². The van der Waals surface area contributed by atoms with E-state index >= 15 is 0 Å². The fourth-order valence-electron chi connectivity index (χ4n) is 4.18. The van der Waals surface area contributed by atoms with E-state index in [2.05, 4.69) is 15.2 Å². The van der Waals surface area contributed by atoms with Gasteiger partial charge < -0.3 is 15.0 Å². The van der Waals surface area contributed by atoms with E-state index in [9.17, 15) is 9.59 Å². The predicted octanol–water partition coefficient (Wildman–Crippen LogP) is 1.47. The van der Waals surface area contributed by atoms with E-state index in [1.807, 2.05) is 24.0 Å². The van der Waals surface area contributed by atoms with Crippen LogP contribution in [0.25, 0.3) is 0 Å². The van der Waals surface area contributed by atoms with Crippen LogP contribution < -0.4 is 5.32 Å². The largest absolute Gasteiger partial charge is 0.383 e. The monoisotopic (exact) mass is 388 g/mol. The van der Waals surface area contributed by atoms with Gasteiger partial charge in [0.2, 0.25) is 5.91 Å². The second-order valence-electron chi connectivity index (χ2n) is 7.83. The van der Waals surface area contributed by atoms with Gasteiger partial charge in [-0.25, -0.2) is 0 Å². The molecule has 2 aliphatic heterocycles. The number of aromatic nitrogens is 1. The Bertz CT molecular complexity index is 656. The third kappa shape index (κ3) is 5.29. The number of carbonyl (C=O) groups is 2. The molecule has 2 saturated heterocycles. The normalized spacial score (nSPS) is 21.5. The summed E-state index contributed by atoms with van der Waals surface area (Å²) in [5.41, 5.74) is 1.58. The number of likely N-dealkylation sites (tertiary alicyclic amines) is 2. The minimum atomic E-state index is 0.0592. The van der Waals surface area contributed by atoms with E-state index in [4.69, 9.17) is 4.74 Å². The number of aryl methyl sites for hydroxylation is 1. The molecule has 0 saturated carbocycles. The lowest BCUT2D eigenvalue weighted by Gasteiger charge is -2.42. The quantitative estimate of drug-likeness (QED) is 0.747. The molecule has 2 fully saturated rings. The van der Waals surface area contributed by atoms with E-state index in [-0.39, 0.29) is 17.7 Å². The highest BCUT2D eigenvalue weighted by Crippen LogP contribution is 2.24. The SMILES string of the molecule is COCCNC(=O)C1CCCN(C2CCN(C(=O)c3ccc(C)nc3)CC2)C1. The molecule has 3 heterocycles. The molecule has 2 amide bonds. The van der Waals surface area contributed by atoms with Gasteiger partial charge >= 0.3 is 0 Å². The van der Waals surface area contributed by atoms with Gasteiger partial charge in [-0.05, 0) is 51.3 Å². The number of amides is 2. The van der Waals surface area contributed by atoms with Crippen LogP contribution >= 0.6 is 0 Å². The van der Waals surface area contributed by atoms with Gasteiger partial charge in [0.1, 0.15) is 0 Å². The molecule has 0 radical (unpaired) electrons. The highest BCUT2D eigenvalue weighted by Gasteiger charge is 2.32. The van der Waals surface area contributed by atoms with Crippen molar-refractivity contribution >= 4 is 11.8 Å². The molecule has 1 aromatic rings. The summed E-state index contributed by atoms with van der Waals surface area (Å²) in [4.78, 5) is 33.7. The average Bonchev–Trinajstić information content (AvgIpc) is 2.74. The standard InChI is InChI=1S/C21H32N4O3/c1-16-5-6-17(14-23-16)21(27)24-11-7-19(8-12-24)25-10-3-4-18(15-25)20(26)22-9-13-28-2/h5-6,14,18-19H,3-4,7-13,15H2,1-2H3,(H,22,26). The summed E-state index contributed by atoms with van der Waals surface area (Å²) >= 11 is 0. The molecule has 7 nitrogen and oxygen atoms in total. The van der Waals surface area contributed by atoms with Crippen LogP contribution in [0.5, 0.6) is 0 Å². The van der Waals surface area contributed by atoms with Crippen LogP contribution in [-0.2, 0) is 9.53 Å². The Morgan fingerprint density at radius 3 is 2.68 bits per heavy atom. The molecule has 0 bridgehead atoms. The van der Waals surface area contributed by atoms with Crippen LogP contribution in [-0.4, -0.2) is 79.1 Å². The van der Waals surface area contributed by atoms with Crippen molar-refractivity contribution in [2.24, 2.45) is 5.92 Å². The fraction of sp³-hybridized carbons (Fsp3) is 0.667. The van der Waals surface area contributed by atoms with E-state index < -0.39 is 0 Å². The van der Waals surface area contributed by atoms with E-state index in [0.29, 0.717) is 24.8 Å². The maximum absolute atomic E-state index is 12.7. The number of ether oxygens (including phenoxy) is 1. The summed E-state index contributed by atoms with van der Waals surface area (Å²) < 4.78 is 5.00. The molecule has 154 valence electrons. The third-order valence-electron chi connectivity index (χ3n) is 5.86. The van der Waals surface area contributed by atoms with Crippen LogP contribution in [0.3, 0.4) is 0 Å². The van der Waals surface area contributed by atoms with Crippen molar-refractivity contribution in [2.45, 2.75) is 38.6 Å². The zero-order valence-electron chi connectivity index (χ0n) is 17.0. The maximum Gasteiger partial charge on any atom is 0.255 e. The molecule has 3 rings (SSSR count). The first-order valence-electron chi connectivity index (χ1n) is 10.3. The van der Waals surface area contributed by atoms with E-state index in [1.54, 1.807) is 13.3 Å². The van der Waals surface area contributed by atoms with Crippen molar-refractivity contribution in [3.05, 3.63) is 29.6 Å². The summed E-state index contributed by atoms with van der Waals surface area (Å²) in [6.45, 7) is 6.42. The van der Waals surface area contributed by atoms with Crippen LogP contribution in [0, 0.1) is 12.8 Å². The molecule has 1 unspecified atom stereocenters. The summed E-state index contributed by atoms with van der Waals surface area (Å²) in [5.74, 6) is 0.269. The fourth-order valence-corrected chi connectivity index (χ4v) is 4.18. The maximum atomic E-state index is 12.7. The van der Waals surface area contributed by atoms with Crippen molar-refractivity contribution in [1.82, 2.24) is 20.1 Å². The van der Waals surface area contributed by atoms with Gasteiger partial charge in [0.15, 0.2) is 0 Å². The lowest BCUT2D eigenvalue weighted by atomic mass is 9.93. The Kier molecular flexibility index (Phi) is 7.39. The second-order valence-corrected chi connectivity index (χ2v) is 7.83. The van der Waals surface area contributed by atoms with Crippen LogP contribution in [0.15, 0.2) is 18.3 Å². The Balaban J connectivity index is 1.48. The number of carbonyl (C=O) groups excluding carboxylic acids is 2. The molecule has 0 aliphatic carbocycles. The number of pyridine rings is 1. The Hall–Kier alpha value is -1.99. The van der Waals surface area contributed by atoms with Crippen molar-refractivity contribution in [2.75, 3.05) is 46.4 Å². The minimum absolute atomic E-state index is 0.0592. The highest BCUT2D eigenvalue weighted by atomic mass is 16.5. The summed E-state index contributed by atoms with van der Waals surface area (Å²) in [7, 11) is 1.64. The molecule has 1 atom stereocenters. The molecular weight excluding hydrogens is 356 g/mol. The Morgan fingerprint density at radius 2 is 2.00 bits per heavy atom. The highest BCUT2D eigenvalue weighted by molar-refractivity contribution is 5.94. The Morgan fingerprint density at radius 1 is 1.21 bits per heavy atom. The first kappa shape index (κ1) is 20.7. The van der Waals surface area contributed by atoms with Crippen LogP contribution in [0.2, 0.25) is 0 Å². The Labute approximate surface area is 167 Å². The van der Waals surface area contributed by atoms with Gasteiger partial charge in [0.05, 0.1) is 18.1 Å². The minimum Gasteiger partial charge on any atom is -0.383 e. The predicted molar refractivity (Wildman–Crippen MR) is 107 cm³/mol. The lowest BCUT2D eigenvalue weighted by Crippen LogP contribution is -2.51. The number of methoxy groups -OCH3 is 1. The number of hydrogen-bond acceptors (Lipinski definition) is 5. The number of nitrogens with zero attached hydrogens (tertiary/aromatic N) is 3. The summed E-state index contributed by atoms with van der Waals surface area (Å²) in [6.07, 6.45) is 5.59. The molecule has 2 aliphatic rings. The lowest BCUT2D eigenvalue weighted by molar-refractivity contribution is -0.127. The average molecular weight is 389 g/mol. The molecular formula is C21H32N4O3. The third-order valence-corrected chi connectivity index (χ3v) is 5.86. The first-order chi connectivity index (χ1) is 13.6. The van der Waals surface area contributed by atoms with Crippen LogP contribution in [0.4, 0.5) is 0 Å². The number of nitrogens with one attached hydrogen (secondary N) is 1. The number of rotatable bonds is 6. The topological polar surface area (TPSA) is 74.8 Å². The molecule has 7 heteroatoms.